The van der Waals surface area contributed by atoms with E-state index in [4.69, 9.17) is 0 Å². The zero-order valence-electron chi connectivity index (χ0n) is 5.94. The second-order valence-electron chi connectivity index (χ2n) is 2.00. The van der Waals surface area contributed by atoms with Gasteiger partial charge in [0.05, 0.1) is 0 Å². The maximum atomic E-state index is 11.8. The van der Waals surface area contributed by atoms with E-state index in [-0.39, 0.29) is 6.61 Å². The number of rotatable bonds is 2. The van der Waals surface area contributed by atoms with Crippen LogP contribution >= 0.6 is 7.91 Å². The van der Waals surface area contributed by atoms with Crippen molar-refractivity contribution >= 4 is 14.0 Å². The summed E-state index contributed by atoms with van der Waals surface area (Å²) in [5.41, 5.74) is 0. The molecule has 0 spiro atoms. The summed E-state index contributed by atoms with van der Waals surface area (Å²) >= 11 is 0. The van der Waals surface area contributed by atoms with Gasteiger partial charge in [0.15, 0.2) is 6.10 Å². The van der Waals surface area contributed by atoms with E-state index in [0.29, 0.717) is 0 Å². The Balaban J connectivity index is 2.63. The van der Waals surface area contributed by atoms with Gasteiger partial charge in [0, 0.05) is 0 Å². The van der Waals surface area contributed by atoms with E-state index in [1.807, 2.05) is 0 Å². The van der Waals surface area contributed by atoms with E-state index in [1.54, 1.807) is 0 Å². The molecule has 0 N–H and O–H groups in total. The van der Waals surface area contributed by atoms with E-state index in [0.717, 1.165) is 0 Å². The zero-order chi connectivity index (χ0) is 9.19. The Morgan fingerprint density at radius 2 is 2.42 bits per heavy atom. The van der Waals surface area contributed by atoms with Crippen molar-refractivity contribution in [3.8, 4) is 0 Å². The van der Waals surface area contributed by atoms with Crippen LogP contribution in [0.2, 0.25) is 0 Å². The second kappa shape index (κ2) is 3.23. The van der Waals surface area contributed by atoms with E-state index < -0.39 is 20.1 Å². The molecule has 1 unspecified atom stereocenters. The molecule has 0 aromatic carbocycles. The van der Waals surface area contributed by atoms with Gasteiger partial charge < -0.3 is 9.47 Å². The van der Waals surface area contributed by atoms with Crippen LogP contribution in [0.15, 0.2) is 17.4 Å². The topological polar surface area (TPSA) is 47.9 Å². The van der Waals surface area contributed by atoms with Crippen molar-refractivity contribution in [1.29, 1.82) is 0 Å². The van der Waals surface area contributed by atoms with Gasteiger partial charge in [-0.1, -0.05) is 11.3 Å². The molecule has 0 aromatic rings. The van der Waals surface area contributed by atoms with Crippen LogP contribution in [0, 0.1) is 0 Å². The van der Waals surface area contributed by atoms with Crippen molar-refractivity contribution in [2.24, 2.45) is 4.76 Å². The van der Waals surface area contributed by atoms with Crippen LogP contribution in [0.3, 0.4) is 0 Å². The Labute approximate surface area is 67.5 Å². The maximum absolute atomic E-state index is 11.8. The third-order valence-corrected chi connectivity index (χ3v) is 1.48. The van der Waals surface area contributed by atoms with Gasteiger partial charge in [-0.25, -0.2) is 4.57 Å². The second-order valence-corrected chi connectivity index (χ2v) is 3.07. The molecule has 1 atom stereocenters. The standard InChI is InChI=1S/C5H6F2NO3P/c1-2-4-3-10-5(11-4)8-12(6,7)9/h2,4H,1,3H2. The molecule has 1 aliphatic heterocycles. The highest BCUT2D eigenvalue weighted by atomic mass is 31.2. The number of hydrogen-bond donors (Lipinski definition) is 0. The molecule has 0 aromatic heterocycles. The molecule has 4 nitrogen and oxygen atoms in total. The van der Waals surface area contributed by atoms with Gasteiger partial charge >= 0.3 is 14.0 Å². The van der Waals surface area contributed by atoms with Crippen LogP contribution < -0.4 is 0 Å². The van der Waals surface area contributed by atoms with E-state index in [1.165, 1.54) is 6.08 Å². The molecular weight excluding hydrogens is 191 g/mol. The Morgan fingerprint density at radius 1 is 1.75 bits per heavy atom. The molecule has 1 saturated heterocycles. The minimum Gasteiger partial charge on any atom is -0.446 e. The summed E-state index contributed by atoms with van der Waals surface area (Å²) in [4.78, 5) is 0. The predicted molar refractivity (Wildman–Crippen MR) is 38.3 cm³/mol. The van der Waals surface area contributed by atoms with Gasteiger partial charge in [0.2, 0.25) is 0 Å². The lowest BCUT2D eigenvalue weighted by atomic mass is 10.4. The van der Waals surface area contributed by atoms with Crippen molar-refractivity contribution in [2.45, 2.75) is 6.10 Å². The molecule has 68 valence electrons. The summed E-state index contributed by atoms with van der Waals surface area (Å²) in [6.45, 7) is 3.43. The zero-order valence-corrected chi connectivity index (χ0v) is 6.84. The van der Waals surface area contributed by atoms with E-state index in [2.05, 4.69) is 20.8 Å². The molecule has 1 fully saturated rings. The van der Waals surface area contributed by atoms with Gasteiger partial charge in [-0.3, -0.25) is 0 Å². The Morgan fingerprint density at radius 3 is 2.83 bits per heavy atom. The number of hydrogen-bond acceptors (Lipinski definition) is 3. The third-order valence-electron chi connectivity index (χ3n) is 1.08. The molecule has 0 aliphatic carbocycles. The molecule has 0 bridgehead atoms. The van der Waals surface area contributed by atoms with Crippen LogP contribution in [-0.2, 0) is 14.0 Å². The van der Waals surface area contributed by atoms with Crippen LogP contribution in [0.25, 0.3) is 0 Å². The molecule has 12 heavy (non-hydrogen) atoms. The van der Waals surface area contributed by atoms with Crippen LogP contribution in [-0.4, -0.2) is 18.8 Å². The summed E-state index contributed by atoms with van der Waals surface area (Å²) < 4.78 is 45.1. The number of halogens is 2. The lowest BCUT2D eigenvalue weighted by molar-refractivity contribution is 0.280. The first-order chi connectivity index (χ1) is 5.51. The van der Waals surface area contributed by atoms with Crippen molar-refractivity contribution in [1.82, 2.24) is 0 Å². The predicted octanol–water partition coefficient (Wildman–Crippen LogP) is 1.99. The normalized spacial score (nSPS) is 26.5. The smallest absolute Gasteiger partial charge is 0.446 e. The van der Waals surface area contributed by atoms with Crippen LogP contribution in [0.5, 0.6) is 0 Å². The minimum atomic E-state index is -5.45. The molecule has 0 saturated carbocycles. The first-order valence-electron chi connectivity index (χ1n) is 3.03. The summed E-state index contributed by atoms with van der Waals surface area (Å²) in [5.74, 6) is 0. The van der Waals surface area contributed by atoms with Crippen molar-refractivity contribution < 1.29 is 22.4 Å². The molecule has 1 heterocycles. The van der Waals surface area contributed by atoms with Gasteiger partial charge in [0.25, 0.3) is 0 Å². The maximum Gasteiger partial charge on any atom is 0.535 e. The SMILES string of the molecule is C=CC1COC(=NP(=O)(F)F)O1. The quantitative estimate of drug-likeness (QED) is 0.502. The summed E-state index contributed by atoms with van der Waals surface area (Å²) in [7, 11) is -5.45. The largest absolute Gasteiger partial charge is 0.535 e. The number of nitrogens with zero attached hydrogens (tertiary/aromatic N) is 1. The Kier molecular flexibility index (Phi) is 2.47. The average Bonchev–Trinajstić information content (AvgIpc) is 2.32. The Bertz CT molecular complexity index is 261. The highest BCUT2D eigenvalue weighted by molar-refractivity contribution is 7.51. The molecule has 0 amide bonds. The third kappa shape index (κ3) is 2.62. The van der Waals surface area contributed by atoms with Crippen LogP contribution in [0.1, 0.15) is 0 Å². The van der Waals surface area contributed by atoms with Crippen molar-refractivity contribution in [2.75, 3.05) is 6.61 Å². The number of ether oxygens (including phenoxy) is 2. The van der Waals surface area contributed by atoms with Gasteiger partial charge in [-0.2, -0.15) is 0 Å². The van der Waals surface area contributed by atoms with E-state index >= 15 is 0 Å². The lowest BCUT2D eigenvalue weighted by Crippen LogP contribution is -2.04. The average molecular weight is 197 g/mol. The van der Waals surface area contributed by atoms with E-state index in [9.17, 15) is 13.0 Å². The summed E-state index contributed by atoms with van der Waals surface area (Å²) in [5, 5.41) is 0. The molecule has 1 rings (SSSR count). The molecular formula is C5H6F2NO3P. The van der Waals surface area contributed by atoms with Crippen molar-refractivity contribution in [3.05, 3.63) is 12.7 Å². The lowest BCUT2D eigenvalue weighted by Gasteiger charge is -1.96. The minimum absolute atomic E-state index is 0.0718. The molecule has 0 radical (unpaired) electrons. The molecule has 7 heteroatoms. The fourth-order valence-corrected chi connectivity index (χ4v) is 0.910. The fourth-order valence-electron chi connectivity index (χ4n) is 0.615. The first-order valence-corrected chi connectivity index (χ1v) is 4.47. The highest BCUT2D eigenvalue weighted by Crippen LogP contribution is 2.51. The van der Waals surface area contributed by atoms with Crippen LogP contribution in [0.4, 0.5) is 8.39 Å². The van der Waals surface area contributed by atoms with Crippen molar-refractivity contribution in [3.63, 3.8) is 0 Å². The first kappa shape index (κ1) is 9.19. The molecule has 1 aliphatic rings. The highest BCUT2D eigenvalue weighted by Gasteiger charge is 2.27. The van der Waals surface area contributed by atoms with Gasteiger partial charge in [-0.15, -0.1) is 8.39 Å². The summed E-state index contributed by atoms with van der Waals surface area (Å²) in [6, 6.07) is 0. The Hall–Kier alpha value is -0.900. The van der Waals surface area contributed by atoms with Gasteiger partial charge in [-0.05, 0) is 6.08 Å². The summed E-state index contributed by atoms with van der Waals surface area (Å²) in [6.07, 6.45) is 0.257. The monoisotopic (exact) mass is 197 g/mol. The van der Waals surface area contributed by atoms with Gasteiger partial charge in [0.1, 0.15) is 6.61 Å². The fraction of sp³-hybridized carbons (Fsp3) is 0.400.